The van der Waals surface area contributed by atoms with E-state index in [9.17, 15) is 0 Å². The fraction of sp³-hybridized carbons (Fsp3) is 0.615. The Bertz CT molecular complexity index is 648. The van der Waals surface area contributed by atoms with Crippen molar-refractivity contribution in [3.63, 3.8) is 0 Å². The standard InChI is InChI=1S/C26H40N2O/c1-2-3-4-5-6-7-8-9-10-11-12-13-14-15-16-17-21-26-28-23-25(29-26)24-20-18-19-22-27-24/h9-10,18-20,22-23H,2-8,11-17,21H2,1H3/b10-9-. The molecule has 2 rings (SSSR count). The van der Waals surface area contributed by atoms with Gasteiger partial charge in [-0.3, -0.25) is 4.98 Å². The van der Waals surface area contributed by atoms with Crippen molar-refractivity contribution in [1.29, 1.82) is 0 Å². The van der Waals surface area contributed by atoms with Crippen LogP contribution in [0.3, 0.4) is 0 Å². The van der Waals surface area contributed by atoms with Gasteiger partial charge in [0.2, 0.25) is 0 Å². The quantitative estimate of drug-likeness (QED) is 0.199. The number of aromatic nitrogens is 2. The Morgan fingerprint density at radius 1 is 0.759 bits per heavy atom. The van der Waals surface area contributed by atoms with E-state index in [4.69, 9.17) is 4.42 Å². The number of allylic oxidation sites excluding steroid dienone is 2. The van der Waals surface area contributed by atoms with E-state index in [1.807, 2.05) is 18.2 Å². The molecule has 0 saturated heterocycles. The van der Waals surface area contributed by atoms with Gasteiger partial charge in [0.25, 0.3) is 0 Å². The van der Waals surface area contributed by atoms with Gasteiger partial charge in [-0.05, 0) is 44.2 Å². The summed E-state index contributed by atoms with van der Waals surface area (Å²) in [5, 5.41) is 0. The molecule has 0 aliphatic heterocycles. The van der Waals surface area contributed by atoms with Gasteiger partial charge in [-0.2, -0.15) is 0 Å². The van der Waals surface area contributed by atoms with Crippen molar-refractivity contribution < 1.29 is 4.42 Å². The highest BCUT2D eigenvalue weighted by atomic mass is 16.4. The van der Waals surface area contributed by atoms with Crippen LogP contribution >= 0.6 is 0 Å². The summed E-state index contributed by atoms with van der Waals surface area (Å²) in [5.74, 6) is 1.60. The number of unbranched alkanes of at least 4 members (excludes halogenated alkanes) is 12. The maximum Gasteiger partial charge on any atom is 0.194 e. The highest BCUT2D eigenvalue weighted by Crippen LogP contribution is 2.19. The van der Waals surface area contributed by atoms with Gasteiger partial charge in [-0.15, -0.1) is 0 Å². The number of nitrogens with zero attached hydrogens (tertiary/aromatic N) is 2. The van der Waals surface area contributed by atoms with E-state index in [2.05, 4.69) is 29.0 Å². The van der Waals surface area contributed by atoms with Gasteiger partial charge in [-0.25, -0.2) is 4.98 Å². The molecule has 0 aliphatic rings. The summed E-state index contributed by atoms with van der Waals surface area (Å²) in [4.78, 5) is 8.69. The lowest BCUT2D eigenvalue weighted by atomic mass is 10.1. The summed E-state index contributed by atoms with van der Waals surface area (Å²) >= 11 is 0. The van der Waals surface area contributed by atoms with Crippen molar-refractivity contribution >= 4 is 0 Å². The van der Waals surface area contributed by atoms with E-state index in [0.29, 0.717) is 0 Å². The lowest BCUT2D eigenvalue weighted by molar-refractivity contribution is 0.486. The Morgan fingerprint density at radius 2 is 1.41 bits per heavy atom. The number of aryl methyl sites for hydroxylation is 1. The average molecular weight is 397 g/mol. The first kappa shape index (κ1) is 23.4. The van der Waals surface area contributed by atoms with Crippen molar-refractivity contribution in [3.05, 3.63) is 48.6 Å². The van der Waals surface area contributed by atoms with Crippen LogP contribution in [0.4, 0.5) is 0 Å². The van der Waals surface area contributed by atoms with Gasteiger partial charge in [0.05, 0.1) is 6.20 Å². The molecule has 0 spiro atoms. The van der Waals surface area contributed by atoms with Crippen molar-refractivity contribution in [2.45, 2.75) is 103 Å². The molecule has 0 N–H and O–H groups in total. The number of hydrogen-bond acceptors (Lipinski definition) is 3. The predicted octanol–water partition coefficient (Wildman–Crippen LogP) is 8.32. The van der Waals surface area contributed by atoms with Crippen molar-refractivity contribution in [3.8, 4) is 11.5 Å². The second-order valence-electron chi connectivity index (χ2n) is 8.02. The van der Waals surface area contributed by atoms with E-state index >= 15 is 0 Å². The maximum atomic E-state index is 5.81. The molecule has 0 saturated carbocycles. The lowest BCUT2D eigenvalue weighted by Gasteiger charge is -2.00. The summed E-state index contributed by atoms with van der Waals surface area (Å²) in [7, 11) is 0. The number of oxazole rings is 1. The summed E-state index contributed by atoms with van der Waals surface area (Å²) in [6.45, 7) is 2.28. The molecule has 0 bridgehead atoms. The van der Waals surface area contributed by atoms with Crippen LogP contribution in [0.5, 0.6) is 0 Å². The van der Waals surface area contributed by atoms with Crippen molar-refractivity contribution in [1.82, 2.24) is 9.97 Å². The fourth-order valence-corrected chi connectivity index (χ4v) is 3.58. The first-order chi connectivity index (χ1) is 14.4. The fourth-order valence-electron chi connectivity index (χ4n) is 3.58. The van der Waals surface area contributed by atoms with Crippen LogP contribution < -0.4 is 0 Å². The third kappa shape index (κ3) is 11.0. The van der Waals surface area contributed by atoms with E-state index in [1.165, 1.54) is 83.5 Å². The van der Waals surface area contributed by atoms with Crippen molar-refractivity contribution in [2.75, 3.05) is 0 Å². The average Bonchev–Trinajstić information content (AvgIpc) is 3.23. The summed E-state index contributed by atoms with van der Waals surface area (Å²) in [6.07, 6.45) is 27.9. The maximum absolute atomic E-state index is 5.81. The van der Waals surface area contributed by atoms with Crippen LogP contribution in [0.2, 0.25) is 0 Å². The SMILES string of the molecule is CCCCCCCC/C=C\CCCCCCCCc1ncc(-c2ccccn2)o1. The Balaban J connectivity index is 1.38. The molecular formula is C26H40N2O. The molecule has 160 valence electrons. The molecule has 0 amide bonds. The van der Waals surface area contributed by atoms with Crippen LogP contribution in [-0.2, 0) is 6.42 Å². The first-order valence-corrected chi connectivity index (χ1v) is 11.9. The van der Waals surface area contributed by atoms with Gasteiger partial charge < -0.3 is 4.42 Å². The molecular weight excluding hydrogens is 356 g/mol. The topological polar surface area (TPSA) is 38.9 Å². The molecule has 0 fully saturated rings. The van der Waals surface area contributed by atoms with Gasteiger partial charge in [0, 0.05) is 12.6 Å². The Labute approximate surface area is 178 Å². The Morgan fingerprint density at radius 3 is 2.07 bits per heavy atom. The lowest BCUT2D eigenvalue weighted by Crippen LogP contribution is -1.86. The molecule has 0 atom stereocenters. The van der Waals surface area contributed by atoms with Crippen LogP contribution in [0.15, 0.2) is 47.2 Å². The van der Waals surface area contributed by atoms with Crippen molar-refractivity contribution in [2.24, 2.45) is 0 Å². The van der Waals surface area contributed by atoms with Gasteiger partial charge >= 0.3 is 0 Å². The van der Waals surface area contributed by atoms with E-state index in [1.54, 1.807) is 12.4 Å². The molecule has 29 heavy (non-hydrogen) atoms. The normalized spacial score (nSPS) is 11.5. The molecule has 2 heterocycles. The first-order valence-electron chi connectivity index (χ1n) is 11.9. The summed E-state index contributed by atoms with van der Waals surface area (Å²) in [6, 6.07) is 5.83. The zero-order chi connectivity index (χ0) is 20.4. The third-order valence-corrected chi connectivity index (χ3v) is 5.37. The molecule has 0 aromatic carbocycles. The molecule has 2 aromatic rings. The second kappa shape index (κ2) is 16.0. The number of pyridine rings is 1. The van der Waals surface area contributed by atoms with Gasteiger partial charge in [-0.1, -0.05) is 82.9 Å². The van der Waals surface area contributed by atoms with Gasteiger partial charge in [0.15, 0.2) is 11.7 Å². The number of hydrogen-bond donors (Lipinski definition) is 0. The second-order valence-corrected chi connectivity index (χ2v) is 8.02. The molecule has 3 nitrogen and oxygen atoms in total. The minimum absolute atomic E-state index is 0.769. The Kier molecular flexibility index (Phi) is 12.9. The van der Waals surface area contributed by atoms with Gasteiger partial charge in [0.1, 0.15) is 5.69 Å². The van der Waals surface area contributed by atoms with Crippen LogP contribution in [0.25, 0.3) is 11.5 Å². The van der Waals surface area contributed by atoms with Crippen LogP contribution in [-0.4, -0.2) is 9.97 Å². The zero-order valence-corrected chi connectivity index (χ0v) is 18.5. The minimum atomic E-state index is 0.769. The molecule has 0 unspecified atom stereocenters. The smallest absolute Gasteiger partial charge is 0.194 e. The number of rotatable bonds is 17. The highest BCUT2D eigenvalue weighted by Gasteiger charge is 2.06. The Hall–Kier alpha value is -1.90. The monoisotopic (exact) mass is 396 g/mol. The minimum Gasteiger partial charge on any atom is -0.439 e. The van der Waals surface area contributed by atoms with Crippen LogP contribution in [0, 0.1) is 0 Å². The molecule has 0 radical (unpaired) electrons. The summed E-state index contributed by atoms with van der Waals surface area (Å²) < 4.78 is 5.81. The zero-order valence-electron chi connectivity index (χ0n) is 18.5. The van der Waals surface area contributed by atoms with Crippen LogP contribution in [0.1, 0.15) is 103 Å². The molecule has 3 heteroatoms. The summed E-state index contributed by atoms with van der Waals surface area (Å²) in [5.41, 5.74) is 0.854. The predicted molar refractivity (Wildman–Crippen MR) is 123 cm³/mol. The molecule has 2 aromatic heterocycles. The molecule has 0 aliphatic carbocycles. The third-order valence-electron chi connectivity index (χ3n) is 5.37. The van der Waals surface area contributed by atoms with E-state index in [0.717, 1.165) is 30.2 Å². The van der Waals surface area contributed by atoms with E-state index in [-0.39, 0.29) is 0 Å². The highest BCUT2D eigenvalue weighted by molar-refractivity contribution is 5.49. The largest absolute Gasteiger partial charge is 0.439 e. The van der Waals surface area contributed by atoms with E-state index < -0.39 is 0 Å².